The van der Waals surface area contributed by atoms with Crippen LogP contribution in [0.4, 0.5) is 0 Å². The monoisotopic (exact) mass is 382 g/mol. The van der Waals surface area contributed by atoms with Gasteiger partial charge in [-0.25, -0.2) is 0 Å². The van der Waals surface area contributed by atoms with Gasteiger partial charge in [-0.15, -0.1) is 22.7 Å². The van der Waals surface area contributed by atoms with Crippen molar-refractivity contribution in [3.8, 4) is 22.3 Å². The highest BCUT2D eigenvalue weighted by Crippen LogP contribution is 2.57. The average molecular weight is 383 g/mol. The quantitative estimate of drug-likeness (QED) is 0.292. The van der Waals surface area contributed by atoms with E-state index in [1.165, 1.54) is 58.4 Å². The van der Waals surface area contributed by atoms with Crippen LogP contribution in [0.25, 0.3) is 42.4 Å². The highest BCUT2D eigenvalue weighted by molar-refractivity contribution is 7.22. The van der Waals surface area contributed by atoms with Crippen molar-refractivity contribution in [1.82, 2.24) is 0 Å². The van der Waals surface area contributed by atoms with Crippen molar-refractivity contribution in [1.29, 1.82) is 0 Å². The summed E-state index contributed by atoms with van der Waals surface area (Å²) in [6.45, 7) is 2.15. The van der Waals surface area contributed by atoms with Gasteiger partial charge in [0.15, 0.2) is 0 Å². The molecule has 0 radical (unpaired) electrons. The highest BCUT2D eigenvalue weighted by atomic mass is 32.1. The SMILES string of the molecule is Cc1ccc(CCc2cc3c(s2)c2c(c4ccsc43)-c3ccccc3-2)cc1. The first-order valence-corrected chi connectivity index (χ1v) is 11.1. The number of benzene rings is 3. The van der Waals surface area contributed by atoms with Gasteiger partial charge in [-0.05, 0) is 54.0 Å². The first-order valence-electron chi connectivity index (χ1n) is 9.40. The molecule has 6 rings (SSSR count). The predicted octanol–water partition coefficient (Wildman–Crippen LogP) is 7.86. The van der Waals surface area contributed by atoms with Gasteiger partial charge in [-0.1, -0.05) is 54.1 Å². The fourth-order valence-corrected chi connectivity index (χ4v) is 6.52. The molecule has 0 amide bonds. The molecule has 0 saturated carbocycles. The lowest BCUT2D eigenvalue weighted by Crippen LogP contribution is -1.98. The zero-order valence-corrected chi connectivity index (χ0v) is 16.7. The van der Waals surface area contributed by atoms with Crippen molar-refractivity contribution in [3.05, 3.63) is 82.0 Å². The van der Waals surface area contributed by atoms with E-state index in [-0.39, 0.29) is 0 Å². The molecule has 27 heavy (non-hydrogen) atoms. The van der Waals surface area contributed by atoms with Gasteiger partial charge >= 0.3 is 0 Å². The standard InChI is InChI=1S/C25H18S2/c1-15-6-8-16(9-7-15)10-11-17-14-21-24-20(12-13-26-24)22-18-4-2-3-5-19(18)23(22)25(21)27-17/h2-9,12-14H,10-11H2,1H3. The van der Waals surface area contributed by atoms with E-state index >= 15 is 0 Å². The molecule has 2 heteroatoms. The van der Waals surface area contributed by atoms with E-state index in [0.717, 1.165) is 12.8 Å². The molecule has 2 heterocycles. The lowest BCUT2D eigenvalue weighted by molar-refractivity contribution is 0.981. The largest absolute Gasteiger partial charge is 0.143 e. The molecule has 0 atom stereocenters. The van der Waals surface area contributed by atoms with E-state index < -0.39 is 0 Å². The zero-order valence-electron chi connectivity index (χ0n) is 15.1. The predicted molar refractivity (Wildman–Crippen MR) is 120 cm³/mol. The van der Waals surface area contributed by atoms with E-state index in [0.29, 0.717) is 0 Å². The lowest BCUT2D eigenvalue weighted by atomic mass is 9.78. The Hall–Kier alpha value is -2.42. The third-order valence-corrected chi connectivity index (χ3v) is 7.85. The van der Waals surface area contributed by atoms with E-state index in [2.05, 4.69) is 73.0 Å². The van der Waals surface area contributed by atoms with Crippen LogP contribution in [0.1, 0.15) is 16.0 Å². The van der Waals surface area contributed by atoms with Crippen LogP contribution >= 0.6 is 22.7 Å². The lowest BCUT2D eigenvalue weighted by Gasteiger charge is -2.25. The first-order chi connectivity index (χ1) is 13.3. The number of hydrogen-bond donors (Lipinski definition) is 0. The summed E-state index contributed by atoms with van der Waals surface area (Å²) in [6, 6.07) is 22.6. The summed E-state index contributed by atoms with van der Waals surface area (Å²) >= 11 is 3.88. The Morgan fingerprint density at radius 3 is 2.33 bits per heavy atom. The smallest absolute Gasteiger partial charge is 0.0445 e. The van der Waals surface area contributed by atoms with Crippen molar-refractivity contribution in [2.45, 2.75) is 19.8 Å². The Labute approximate surface area is 166 Å². The van der Waals surface area contributed by atoms with Gasteiger partial charge in [0.1, 0.15) is 0 Å². The maximum absolute atomic E-state index is 2.45. The Morgan fingerprint density at radius 1 is 0.741 bits per heavy atom. The topological polar surface area (TPSA) is 0 Å². The molecular formula is C25H18S2. The number of hydrogen-bond acceptors (Lipinski definition) is 2. The fraction of sp³-hybridized carbons (Fsp3) is 0.120. The summed E-state index contributed by atoms with van der Waals surface area (Å²) in [5, 5.41) is 5.14. The fourth-order valence-electron chi connectivity index (χ4n) is 4.30. The molecule has 2 aromatic heterocycles. The molecule has 0 unspecified atom stereocenters. The van der Waals surface area contributed by atoms with Gasteiger partial charge in [0.05, 0.1) is 0 Å². The number of fused-ring (bicyclic) bond motifs is 9. The molecular weight excluding hydrogens is 364 g/mol. The van der Waals surface area contributed by atoms with Crippen LogP contribution in [-0.2, 0) is 12.8 Å². The Bertz CT molecular complexity index is 1320. The third-order valence-electron chi connectivity index (χ3n) is 5.69. The van der Waals surface area contributed by atoms with Crippen LogP contribution < -0.4 is 0 Å². The zero-order chi connectivity index (χ0) is 18.0. The van der Waals surface area contributed by atoms with Crippen molar-refractivity contribution < 1.29 is 0 Å². The summed E-state index contributed by atoms with van der Waals surface area (Å²) in [5.74, 6) is 0. The van der Waals surface area contributed by atoms with E-state index in [1.54, 1.807) is 0 Å². The van der Waals surface area contributed by atoms with Crippen LogP contribution in [0.15, 0.2) is 66.0 Å². The Balaban J connectivity index is 1.47. The highest BCUT2D eigenvalue weighted by Gasteiger charge is 2.29. The molecule has 5 aromatic rings. The van der Waals surface area contributed by atoms with Crippen LogP contribution in [-0.4, -0.2) is 0 Å². The summed E-state index contributed by atoms with van der Waals surface area (Å²) < 4.78 is 2.94. The van der Waals surface area contributed by atoms with Crippen LogP contribution in [0.3, 0.4) is 0 Å². The molecule has 0 spiro atoms. The minimum Gasteiger partial charge on any atom is -0.143 e. The third kappa shape index (κ3) is 2.27. The summed E-state index contributed by atoms with van der Waals surface area (Å²) in [5.41, 5.74) is 8.57. The average Bonchev–Trinajstić information content (AvgIpc) is 3.30. The van der Waals surface area contributed by atoms with Crippen molar-refractivity contribution in [2.24, 2.45) is 0 Å². The number of thiophene rings is 2. The normalized spacial score (nSPS) is 12.2. The van der Waals surface area contributed by atoms with Crippen molar-refractivity contribution in [2.75, 3.05) is 0 Å². The Morgan fingerprint density at radius 2 is 1.52 bits per heavy atom. The van der Waals surface area contributed by atoms with Gasteiger partial charge in [-0.3, -0.25) is 0 Å². The van der Waals surface area contributed by atoms with Crippen molar-refractivity contribution >= 4 is 42.8 Å². The maximum Gasteiger partial charge on any atom is 0.0445 e. The van der Waals surface area contributed by atoms with Gasteiger partial charge in [0.25, 0.3) is 0 Å². The second-order valence-corrected chi connectivity index (χ2v) is 9.45. The molecule has 3 aromatic carbocycles. The van der Waals surface area contributed by atoms with E-state index in [9.17, 15) is 0 Å². The molecule has 1 aliphatic carbocycles. The van der Waals surface area contributed by atoms with Gasteiger partial charge in [0.2, 0.25) is 0 Å². The molecule has 0 N–H and O–H groups in total. The molecule has 0 fully saturated rings. The molecule has 0 aliphatic heterocycles. The summed E-state index contributed by atoms with van der Waals surface area (Å²) in [6.07, 6.45) is 2.23. The van der Waals surface area contributed by atoms with Gasteiger partial charge in [0, 0.05) is 36.2 Å². The molecule has 0 bridgehead atoms. The first kappa shape index (κ1) is 15.6. The van der Waals surface area contributed by atoms with Crippen LogP contribution in [0, 0.1) is 6.92 Å². The van der Waals surface area contributed by atoms with Crippen LogP contribution in [0.2, 0.25) is 0 Å². The maximum atomic E-state index is 2.45. The molecule has 0 nitrogen and oxygen atoms in total. The summed E-state index contributed by atoms with van der Waals surface area (Å²) in [4.78, 5) is 1.50. The molecule has 1 aliphatic rings. The minimum absolute atomic E-state index is 1.11. The number of rotatable bonds is 3. The second-order valence-electron chi connectivity index (χ2n) is 7.40. The Kier molecular flexibility index (Phi) is 3.35. The minimum atomic E-state index is 1.11. The summed E-state index contributed by atoms with van der Waals surface area (Å²) in [7, 11) is 0. The van der Waals surface area contributed by atoms with Crippen molar-refractivity contribution in [3.63, 3.8) is 0 Å². The second kappa shape index (κ2) is 5.79. The molecule has 130 valence electrons. The number of aryl methyl sites for hydroxylation is 3. The molecule has 0 saturated heterocycles. The van der Waals surface area contributed by atoms with E-state index in [1.807, 2.05) is 22.7 Å². The van der Waals surface area contributed by atoms with Gasteiger partial charge in [-0.2, -0.15) is 0 Å². The van der Waals surface area contributed by atoms with Gasteiger partial charge < -0.3 is 0 Å². The van der Waals surface area contributed by atoms with Crippen LogP contribution in [0.5, 0.6) is 0 Å². The van der Waals surface area contributed by atoms with E-state index in [4.69, 9.17) is 0 Å².